The topological polar surface area (TPSA) is 9.23 Å². The van der Waals surface area contributed by atoms with Gasteiger partial charge in [0.05, 0.1) is 0 Å². The highest BCUT2D eigenvalue weighted by Crippen LogP contribution is 2.30. The van der Waals surface area contributed by atoms with Crippen molar-refractivity contribution in [1.29, 1.82) is 0 Å². The molecule has 0 saturated carbocycles. The highest BCUT2D eigenvalue weighted by Gasteiger charge is 2.24. The standard InChI is InChI=1S/C7H14OS.2C2H6/c1-7(6-9)2-4-8-5-3-7;2*1-2/h9H,2-6H2,1H3;2*1-2H3. The average Bonchev–Trinajstić information content (AvgIpc) is 2.25. The first kappa shape index (κ1) is 15.8. The van der Waals surface area contributed by atoms with Crippen molar-refractivity contribution in [2.75, 3.05) is 19.0 Å². The summed E-state index contributed by atoms with van der Waals surface area (Å²) >= 11 is 4.29. The molecule has 0 aromatic rings. The smallest absolute Gasteiger partial charge is 0.0471 e. The largest absolute Gasteiger partial charge is 0.381 e. The summed E-state index contributed by atoms with van der Waals surface area (Å²) in [5, 5.41) is 0. The van der Waals surface area contributed by atoms with Gasteiger partial charge in [-0.25, -0.2) is 0 Å². The van der Waals surface area contributed by atoms with Gasteiger partial charge in [0.25, 0.3) is 0 Å². The molecule has 0 amide bonds. The molecule has 82 valence electrons. The van der Waals surface area contributed by atoms with E-state index in [-0.39, 0.29) is 0 Å². The van der Waals surface area contributed by atoms with Crippen molar-refractivity contribution in [3.05, 3.63) is 0 Å². The van der Waals surface area contributed by atoms with Crippen molar-refractivity contribution in [2.45, 2.75) is 47.5 Å². The van der Waals surface area contributed by atoms with E-state index in [1.807, 2.05) is 27.7 Å². The fourth-order valence-corrected chi connectivity index (χ4v) is 1.34. The Morgan fingerprint density at radius 2 is 1.46 bits per heavy atom. The number of hydrogen-bond acceptors (Lipinski definition) is 2. The van der Waals surface area contributed by atoms with Crippen LogP contribution >= 0.6 is 12.6 Å². The molecule has 0 unspecified atom stereocenters. The van der Waals surface area contributed by atoms with E-state index in [9.17, 15) is 0 Å². The highest BCUT2D eigenvalue weighted by atomic mass is 32.1. The molecule has 1 nitrogen and oxygen atoms in total. The molecule has 1 rings (SSSR count). The monoisotopic (exact) mass is 206 g/mol. The Morgan fingerprint density at radius 3 is 1.69 bits per heavy atom. The summed E-state index contributed by atoms with van der Waals surface area (Å²) in [5.74, 6) is 0.996. The van der Waals surface area contributed by atoms with Crippen molar-refractivity contribution >= 4 is 12.6 Å². The molecule has 0 aliphatic carbocycles. The Morgan fingerprint density at radius 1 is 1.08 bits per heavy atom. The fourth-order valence-electron chi connectivity index (χ4n) is 1.02. The molecule has 0 aromatic heterocycles. The molecule has 0 atom stereocenters. The highest BCUT2D eigenvalue weighted by molar-refractivity contribution is 7.80. The Hall–Kier alpha value is 0.310. The van der Waals surface area contributed by atoms with Gasteiger partial charge in [0, 0.05) is 13.2 Å². The van der Waals surface area contributed by atoms with Gasteiger partial charge in [0.15, 0.2) is 0 Å². The third kappa shape index (κ3) is 7.39. The van der Waals surface area contributed by atoms with E-state index in [0.29, 0.717) is 5.41 Å². The van der Waals surface area contributed by atoms with Gasteiger partial charge in [-0.2, -0.15) is 12.6 Å². The van der Waals surface area contributed by atoms with Gasteiger partial charge in [-0.3, -0.25) is 0 Å². The van der Waals surface area contributed by atoms with E-state index < -0.39 is 0 Å². The lowest BCUT2D eigenvalue weighted by molar-refractivity contribution is 0.0350. The minimum Gasteiger partial charge on any atom is -0.381 e. The molecule has 2 heteroatoms. The lowest BCUT2D eigenvalue weighted by atomic mass is 9.85. The van der Waals surface area contributed by atoms with E-state index in [2.05, 4.69) is 19.6 Å². The zero-order valence-corrected chi connectivity index (χ0v) is 10.8. The van der Waals surface area contributed by atoms with Crippen LogP contribution < -0.4 is 0 Å². The summed E-state index contributed by atoms with van der Waals surface area (Å²) in [4.78, 5) is 0. The maximum atomic E-state index is 5.23. The summed E-state index contributed by atoms with van der Waals surface area (Å²) < 4.78 is 5.23. The molecule has 13 heavy (non-hydrogen) atoms. The lowest BCUT2D eigenvalue weighted by Gasteiger charge is -2.31. The minimum absolute atomic E-state index is 0.460. The molecule has 0 N–H and O–H groups in total. The summed E-state index contributed by atoms with van der Waals surface area (Å²) in [5.41, 5.74) is 0.460. The Kier molecular flexibility index (Phi) is 12.6. The summed E-state index contributed by atoms with van der Waals surface area (Å²) in [6.07, 6.45) is 2.35. The van der Waals surface area contributed by atoms with Crippen molar-refractivity contribution in [2.24, 2.45) is 5.41 Å². The Labute approximate surface area is 89.7 Å². The third-order valence-corrected chi connectivity index (χ3v) is 2.85. The number of hydrogen-bond donors (Lipinski definition) is 1. The summed E-state index contributed by atoms with van der Waals surface area (Å²) in [7, 11) is 0. The van der Waals surface area contributed by atoms with Crippen LogP contribution in [0.25, 0.3) is 0 Å². The second-order valence-electron chi connectivity index (χ2n) is 3.08. The van der Waals surface area contributed by atoms with Crippen molar-refractivity contribution < 1.29 is 4.74 Å². The number of ether oxygens (including phenoxy) is 1. The zero-order valence-electron chi connectivity index (χ0n) is 9.89. The predicted octanol–water partition coefficient (Wildman–Crippen LogP) is 3.79. The quantitative estimate of drug-likeness (QED) is 0.642. The molecule has 1 saturated heterocycles. The van der Waals surface area contributed by atoms with Crippen LogP contribution in [-0.4, -0.2) is 19.0 Å². The summed E-state index contributed by atoms with van der Waals surface area (Å²) in [6, 6.07) is 0. The van der Waals surface area contributed by atoms with Crippen molar-refractivity contribution in [1.82, 2.24) is 0 Å². The van der Waals surface area contributed by atoms with E-state index in [1.54, 1.807) is 0 Å². The lowest BCUT2D eigenvalue weighted by Crippen LogP contribution is -2.27. The molecular weight excluding hydrogens is 180 g/mol. The van der Waals surface area contributed by atoms with Gasteiger partial charge < -0.3 is 4.74 Å². The SMILES string of the molecule is CC.CC.CC1(CS)CCOCC1. The molecule has 0 bridgehead atoms. The van der Waals surface area contributed by atoms with E-state index >= 15 is 0 Å². The fraction of sp³-hybridized carbons (Fsp3) is 1.00. The van der Waals surface area contributed by atoms with Crippen LogP contribution in [0.5, 0.6) is 0 Å². The molecule has 0 aromatic carbocycles. The first-order chi connectivity index (χ1) is 6.27. The van der Waals surface area contributed by atoms with Crippen molar-refractivity contribution in [3.63, 3.8) is 0 Å². The predicted molar refractivity (Wildman–Crippen MR) is 64.7 cm³/mol. The van der Waals surface area contributed by atoms with E-state index in [4.69, 9.17) is 4.74 Å². The van der Waals surface area contributed by atoms with Gasteiger partial charge in [-0.15, -0.1) is 0 Å². The minimum atomic E-state index is 0.460. The van der Waals surface area contributed by atoms with Crippen LogP contribution in [-0.2, 0) is 4.74 Å². The second kappa shape index (κ2) is 10.4. The van der Waals surface area contributed by atoms with E-state index in [0.717, 1.165) is 19.0 Å². The van der Waals surface area contributed by atoms with Crippen LogP contribution in [0.2, 0.25) is 0 Å². The average molecular weight is 206 g/mol. The first-order valence-electron chi connectivity index (χ1n) is 5.45. The number of rotatable bonds is 1. The first-order valence-corrected chi connectivity index (χ1v) is 6.09. The van der Waals surface area contributed by atoms with Crippen LogP contribution in [0.1, 0.15) is 47.5 Å². The third-order valence-electron chi connectivity index (χ3n) is 2.08. The summed E-state index contributed by atoms with van der Waals surface area (Å²) in [6.45, 7) is 12.1. The van der Waals surface area contributed by atoms with Gasteiger partial charge in [-0.05, 0) is 24.0 Å². The van der Waals surface area contributed by atoms with Crippen LogP contribution in [0.4, 0.5) is 0 Å². The van der Waals surface area contributed by atoms with E-state index in [1.165, 1.54) is 12.8 Å². The van der Waals surface area contributed by atoms with Crippen LogP contribution in [0, 0.1) is 5.41 Å². The van der Waals surface area contributed by atoms with Gasteiger partial charge in [-0.1, -0.05) is 34.6 Å². The van der Waals surface area contributed by atoms with Crippen LogP contribution in [0.3, 0.4) is 0 Å². The van der Waals surface area contributed by atoms with Crippen molar-refractivity contribution in [3.8, 4) is 0 Å². The molecular formula is C11H26OS. The molecule has 1 aliphatic heterocycles. The number of thiol groups is 1. The van der Waals surface area contributed by atoms with Gasteiger partial charge >= 0.3 is 0 Å². The molecule has 1 heterocycles. The van der Waals surface area contributed by atoms with Crippen LogP contribution in [0.15, 0.2) is 0 Å². The maximum absolute atomic E-state index is 5.23. The molecule has 0 spiro atoms. The normalized spacial score (nSPS) is 18.9. The zero-order chi connectivity index (χ0) is 10.7. The second-order valence-corrected chi connectivity index (χ2v) is 3.40. The Bertz CT molecular complexity index is 88.1. The molecule has 0 radical (unpaired) electrons. The molecule has 1 aliphatic rings. The Balaban J connectivity index is 0. The van der Waals surface area contributed by atoms with Gasteiger partial charge in [0.1, 0.15) is 0 Å². The van der Waals surface area contributed by atoms with Gasteiger partial charge in [0.2, 0.25) is 0 Å². The maximum Gasteiger partial charge on any atom is 0.0471 e. The molecule has 1 fully saturated rings.